The first-order chi connectivity index (χ1) is 7.20. The minimum Gasteiger partial charge on any atom is -0.326 e. The van der Waals surface area contributed by atoms with Gasteiger partial charge in [-0.1, -0.05) is 18.2 Å². The van der Waals surface area contributed by atoms with E-state index in [4.69, 9.17) is 5.73 Å². The normalized spacial score (nSPS) is 11.5. The van der Waals surface area contributed by atoms with E-state index in [0.29, 0.717) is 6.54 Å². The van der Waals surface area contributed by atoms with Gasteiger partial charge in [-0.25, -0.2) is 0 Å². The molecule has 0 fully saturated rings. The number of hydrogen-bond donors (Lipinski definition) is 1. The SMILES string of the molecule is CN(C)Cc1cc2cccc(CN)c2s1. The third-order valence-corrected chi connectivity index (χ3v) is 3.58. The van der Waals surface area contributed by atoms with Crippen molar-refractivity contribution in [3.63, 3.8) is 0 Å². The molecule has 1 heterocycles. The quantitative estimate of drug-likeness (QED) is 0.860. The van der Waals surface area contributed by atoms with Crippen molar-refractivity contribution >= 4 is 21.4 Å². The van der Waals surface area contributed by atoms with E-state index in [1.54, 1.807) is 0 Å². The van der Waals surface area contributed by atoms with E-state index < -0.39 is 0 Å². The summed E-state index contributed by atoms with van der Waals surface area (Å²) in [6.45, 7) is 1.63. The Morgan fingerprint density at radius 1 is 1.33 bits per heavy atom. The van der Waals surface area contributed by atoms with Gasteiger partial charge in [-0.3, -0.25) is 0 Å². The highest BCUT2D eigenvalue weighted by Gasteiger charge is 2.05. The molecule has 80 valence electrons. The highest BCUT2D eigenvalue weighted by atomic mass is 32.1. The number of fused-ring (bicyclic) bond motifs is 1. The van der Waals surface area contributed by atoms with Gasteiger partial charge in [-0.15, -0.1) is 11.3 Å². The molecule has 0 aliphatic heterocycles. The van der Waals surface area contributed by atoms with Gasteiger partial charge in [0, 0.05) is 22.7 Å². The van der Waals surface area contributed by atoms with E-state index in [-0.39, 0.29) is 0 Å². The van der Waals surface area contributed by atoms with Crippen LogP contribution >= 0.6 is 11.3 Å². The molecule has 0 spiro atoms. The van der Waals surface area contributed by atoms with Crippen LogP contribution in [0, 0.1) is 0 Å². The Bertz CT molecular complexity index is 460. The Morgan fingerprint density at radius 3 is 2.80 bits per heavy atom. The summed E-state index contributed by atoms with van der Waals surface area (Å²) < 4.78 is 1.34. The third kappa shape index (κ3) is 2.20. The van der Waals surface area contributed by atoms with Gasteiger partial charge in [-0.2, -0.15) is 0 Å². The van der Waals surface area contributed by atoms with Crippen LogP contribution in [0.3, 0.4) is 0 Å². The number of hydrogen-bond acceptors (Lipinski definition) is 3. The molecule has 1 aromatic heterocycles. The highest BCUT2D eigenvalue weighted by Crippen LogP contribution is 2.29. The van der Waals surface area contributed by atoms with Crippen LogP contribution in [0.4, 0.5) is 0 Å². The second kappa shape index (κ2) is 4.31. The number of nitrogens with zero attached hydrogens (tertiary/aromatic N) is 1. The van der Waals surface area contributed by atoms with Crippen molar-refractivity contribution in [2.75, 3.05) is 14.1 Å². The van der Waals surface area contributed by atoms with Gasteiger partial charge in [0.2, 0.25) is 0 Å². The molecule has 1 aromatic carbocycles. The van der Waals surface area contributed by atoms with Crippen molar-refractivity contribution in [1.29, 1.82) is 0 Å². The monoisotopic (exact) mass is 220 g/mol. The van der Waals surface area contributed by atoms with E-state index >= 15 is 0 Å². The van der Waals surface area contributed by atoms with E-state index in [1.165, 1.54) is 20.5 Å². The maximum Gasteiger partial charge on any atom is 0.0391 e. The van der Waals surface area contributed by atoms with Crippen LogP contribution in [-0.2, 0) is 13.1 Å². The summed E-state index contributed by atoms with van der Waals surface area (Å²) in [5.74, 6) is 0. The Kier molecular flexibility index (Phi) is 3.05. The van der Waals surface area contributed by atoms with Gasteiger partial charge < -0.3 is 10.6 Å². The summed E-state index contributed by atoms with van der Waals surface area (Å²) in [6, 6.07) is 8.61. The molecule has 0 radical (unpaired) electrons. The lowest BCUT2D eigenvalue weighted by molar-refractivity contribution is 0.406. The molecule has 0 aliphatic rings. The molecule has 0 saturated carbocycles. The molecular formula is C12H16N2S. The second-order valence-corrected chi connectivity index (χ2v) is 5.13. The van der Waals surface area contributed by atoms with Crippen LogP contribution in [0.15, 0.2) is 24.3 Å². The maximum atomic E-state index is 5.72. The molecule has 0 saturated heterocycles. The predicted octanol–water partition coefficient (Wildman–Crippen LogP) is 2.42. The zero-order valence-electron chi connectivity index (χ0n) is 9.16. The fraction of sp³-hybridized carbons (Fsp3) is 0.333. The molecule has 2 N–H and O–H groups in total. The molecular weight excluding hydrogens is 204 g/mol. The molecule has 15 heavy (non-hydrogen) atoms. The van der Waals surface area contributed by atoms with E-state index in [2.05, 4.69) is 43.3 Å². The van der Waals surface area contributed by atoms with Gasteiger partial charge in [0.1, 0.15) is 0 Å². The number of nitrogens with two attached hydrogens (primary N) is 1. The van der Waals surface area contributed by atoms with Crippen LogP contribution in [0.5, 0.6) is 0 Å². The van der Waals surface area contributed by atoms with Crippen molar-refractivity contribution in [2.24, 2.45) is 5.73 Å². The first kappa shape index (κ1) is 10.6. The fourth-order valence-corrected chi connectivity index (χ4v) is 3.03. The standard InChI is InChI=1S/C12H16N2S/c1-14(2)8-11-6-9-4-3-5-10(7-13)12(9)15-11/h3-6H,7-8,13H2,1-2H3. The fourth-order valence-electron chi connectivity index (χ4n) is 1.73. The van der Waals surface area contributed by atoms with Crippen LogP contribution < -0.4 is 5.73 Å². The van der Waals surface area contributed by atoms with Crippen LogP contribution in [-0.4, -0.2) is 19.0 Å². The Morgan fingerprint density at radius 2 is 2.13 bits per heavy atom. The van der Waals surface area contributed by atoms with Gasteiger partial charge in [0.15, 0.2) is 0 Å². The zero-order chi connectivity index (χ0) is 10.8. The largest absolute Gasteiger partial charge is 0.326 e. The molecule has 2 aromatic rings. The third-order valence-electron chi connectivity index (χ3n) is 2.37. The molecule has 3 heteroatoms. The van der Waals surface area contributed by atoms with Gasteiger partial charge in [-0.05, 0) is 31.1 Å². The summed E-state index contributed by atoms with van der Waals surface area (Å²) >= 11 is 1.86. The van der Waals surface area contributed by atoms with E-state index in [0.717, 1.165) is 6.54 Å². The average molecular weight is 220 g/mol. The van der Waals surface area contributed by atoms with Crippen LogP contribution in [0.2, 0.25) is 0 Å². The summed E-state index contributed by atoms with van der Waals surface area (Å²) in [6.07, 6.45) is 0. The summed E-state index contributed by atoms with van der Waals surface area (Å²) in [5, 5.41) is 1.32. The molecule has 2 nitrogen and oxygen atoms in total. The lowest BCUT2D eigenvalue weighted by atomic mass is 10.1. The second-order valence-electron chi connectivity index (χ2n) is 3.99. The van der Waals surface area contributed by atoms with Crippen molar-refractivity contribution in [3.8, 4) is 0 Å². The Labute approximate surface area is 94.3 Å². The first-order valence-corrected chi connectivity index (χ1v) is 5.87. The van der Waals surface area contributed by atoms with Gasteiger partial charge >= 0.3 is 0 Å². The van der Waals surface area contributed by atoms with Crippen LogP contribution in [0.25, 0.3) is 10.1 Å². The van der Waals surface area contributed by atoms with Crippen molar-refractivity contribution in [3.05, 3.63) is 34.7 Å². The molecule has 0 bridgehead atoms. The zero-order valence-corrected chi connectivity index (χ0v) is 9.97. The molecule has 0 amide bonds. The molecule has 0 aliphatic carbocycles. The average Bonchev–Trinajstić information content (AvgIpc) is 2.58. The summed E-state index contributed by atoms with van der Waals surface area (Å²) in [7, 11) is 4.18. The molecule has 0 unspecified atom stereocenters. The molecule has 0 atom stereocenters. The minimum atomic E-state index is 0.624. The van der Waals surface area contributed by atoms with E-state index in [9.17, 15) is 0 Å². The predicted molar refractivity (Wildman–Crippen MR) is 67.1 cm³/mol. The topological polar surface area (TPSA) is 29.3 Å². The first-order valence-electron chi connectivity index (χ1n) is 5.06. The number of rotatable bonds is 3. The van der Waals surface area contributed by atoms with Crippen molar-refractivity contribution in [2.45, 2.75) is 13.1 Å². The Balaban J connectivity index is 2.45. The van der Waals surface area contributed by atoms with Crippen molar-refractivity contribution < 1.29 is 0 Å². The van der Waals surface area contributed by atoms with Gasteiger partial charge in [0.05, 0.1) is 0 Å². The molecule has 2 rings (SSSR count). The Hall–Kier alpha value is -0.900. The van der Waals surface area contributed by atoms with E-state index in [1.807, 2.05) is 11.3 Å². The van der Waals surface area contributed by atoms with Crippen molar-refractivity contribution in [1.82, 2.24) is 4.90 Å². The smallest absolute Gasteiger partial charge is 0.0391 e. The van der Waals surface area contributed by atoms with Crippen LogP contribution in [0.1, 0.15) is 10.4 Å². The summed E-state index contributed by atoms with van der Waals surface area (Å²) in [4.78, 5) is 3.59. The summed E-state index contributed by atoms with van der Waals surface area (Å²) in [5.41, 5.74) is 6.97. The highest BCUT2D eigenvalue weighted by molar-refractivity contribution is 7.19. The van der Waals surface area contributed by atoms with Gasteiger partial charge in [0.25, 0.3) is 0 Å². The lowest BCUT2D eigenvalue weighted by Gasteiger charge is -2.05. The maximum absolute atomic E-state index is 5.72. The number of thiophene rings is 1. The minimum absolute atomic E-state index is 0.624. The number of benzene rings is 1. The lowest BCUT2D eigenvalue weighted by Crippen LogP contribution is -2.09.